The highest BCUT2D eigenvalue weighted by molar-refractivity contribution is 5.79. The average Bonchev–Trinajstić information content (AvgIpc) is 3.11. The monoisotopic (exact) mass is 317 g/mol. The largest absolute Gasteiger partial charge is 0.357 e. The van der Waals surface area contributed by atoms with Crippen LogP contribution in [0.15, 0.2) is 23.3 Å². The van der Waals surface area contributed by atoms with Gasteiger partial charge in [0.05, 0.1) is 6.54 Å². The molecule has 0 spiro atoms. The van der Waals surface area contributed by atoms with Gasteiger partial charge in [0.1, 0.15) is 5.82 Å². The Kier molecular flexibility index (Phi) is 7.17. The van der Waals surface area contributed by atoms with Crippen molar-refractivity contribution >= 4 is 11.8 Å². The number of guanidine groups is 1. The number of rotatable bonds is 7. The fraction of sp³-hybridized carbons (Fsp3) is 0.667. The van der Waals surface area contributed by atoms with Crippen molar-refractivity contribution in [2.45, 2.75) is 46.1 Å². The van der Waals surface area contributed by atoms with Gasteiger partial charge in [0.25, 0.3) is 0 Å². The van der Waals surface area contributed by atoms with E-state index in [1.165, 1.54) is 31.2 Å². The molecule has 0 aromatic carbocycles. The van der Waals surface area contributed by atoms with E-state index in [0.717, 1.165) is 38.0 Å². The minimum Gasteiger partial charge on any atom is -0.357 e. The highest BCUT2D eigenvalue weighted by Gasteiger charge is 2.13. The molecular weight excluding hydrogens is 286 g/mol. The summed E-state index contributed by atoms with van der Waals surface area (Å²) in [4.78, 5) is 13.9. The summed E-state index contributed by atoms with van der Waals surface area (Å²) in [6.07, 6.45) is 6.85. The van der Waals surface area contributed by atoms with Gasteiger partial charge in [0, 0.05) is 39.4 Å². The lowest BCUT2D eigenvalue weighted by Crippen LogP contribution is -2.39. The fourth-order valence-corrected chi connectivity index (χ4v) is 2.82. The average molecular weight is 317 g/mol. The Balaban J connectivity index is 2.01. The molecule has 23 heavy (non-hydrogen) atoms. The van der Waals surface area contributed by atoms with Gasteiger partial charge in [-0.05, 0) is 43.9 Å². The molecule has 0 radical (unpaired) electrons. The Morgan fingerprint density at radius 1 is 1.35 bits per heavy atom. The zero-order chi connectivity index (χ0) is 16.5. The van der Waals surface area contributed by atoms with Gasteiger partial charge in [-0.2, -0.15) is 0 Å². The van der Waals surface area contributed by atoms with Crippen molar-refractivity contribution in [3.05, 3.63) is 23.9 Å². The van der Waals surface area contributed by atoms with Crippen LogP contribution in [0.25, 0.3) is 0 Å². The molecule has 1 fully saturated rings. The standard InChI is InChI=1S/C18H31N5/c1-4-6-11-22(3)18(19-5-2)21-15-16-9-10-20-17(14-16)23-12-7-8-13-23/h9-10,14H,4-8,11-13,15H2,1-3H3,(H,19,21). The lowest BCUT2D eigenvalue weighted by molar-refractivity contribution is 0.465. The SMILES string of the molecule is CCCCN(C)C(=NCc1ccnc(N2CCCC2)c1)NCC. The third kappa shape index (κ3) is 5.41. The van der Waals surface area contributed by atoms with Crippen molar-refractivity contribution in [1.82, 2.24) is 15.2 Å². The summed E-state index contributed by atoms with van der Waals surface area (Å²) in [5.74, 6) is 2.08. The molecule has 5 nitrogen and oxygen atoms in total. The van der Waals surface area contributed by atoms with Crippen molar-refractivity contribution in [3.8, 4) is 0 Å². The maximum Gasteiger partial charge on any atom is 0.193 e. The second-order valence-electron chi connectivity index (χ2n) is 6.16. The first-order valence-corrected chi connectivity index (χ1v) is 8.94. The third-order valence-corrected chi connectivity index (χ3v) is 4.19. The van der Waals surface area contributed by atoms with Gasteiger partial charge in [-0.15, -0.1) is 0 Å². The van der Waals surface area contributed by atoms with Gasteiger partial charge in [-0.3, -0.25) is 0 Å². The smallest absolute Gasteiger partial charge is 0.193 e. The van der Waals surface area contributed by atoms with Crippen LogP contribution in [0.4, 0.5) is 5.82 Å². The van der Waals surface area contributed by atoms with Gasteiger partial charge in [-0.25, -0.2) is 9.98 Å². The first kappa shape index (κ1) is 17.6. The van der Waals surface area contributed by atoms with Gasteiger partial charge in [0.2, 0.25) is 0 Å². The van der Waals surface area contributed by atoms with Crippen LogP contribution in [0.3, 0.4) is 0 Å². The minimum atomic E-state index is 0.697. The lowest BCUT2D eigenvalue weighted by atomic mass is 10.2. The predicted molar refractivity (Wildman–Crippen MR) is 98.0 cm³/mol. The fourth-order valence-electron chi connectivity index (χ4n) is 2.82. The zero-order valence-electron chi connectivity index (χ0n) is 14.9. The maximum absolute atomic E-state index is 4.79. The summed E-state index contributed by atoms with van der Waals surface area (Å²) < 4.78 is 0. The van der Waals surface area contributed by atoms with Crippen molar-refractivity contribution in [3.63, 3.8) is 0 Å². The van der Waals surface area contributed by atoms with E-state index in [0.29, 0.717) is 6.54 Å². The molecule has 5 heteroatoms. The number of unbranched alkanes of at least 4 members (excludes halogenated alkanes) is 1. The first-order chi connectivity index (χ1) is 11.2. The number of hydrogen-bond donors (Lipinski definition) is 1. The number of anilines is 1. The van der Waals surface area contributed by atoms with Crippen LogP contribution in [-0.2, 0) is 6.54 Å². The van der Waals surface area contributed by atoms with Crippen molar-refractivity contribution in [2.75, 3.05) is 38.1 Å². The summed E-state index contributed by atoms with van der Waals surface area (Å²) in [5.41, 5.74) is 1.22. The van der Waals surface area contributed by atoms with Crippen molar-refractivity contribution in [2.24, 2.45) is 4.99 Å². The summed E-state index contributed by atoms with van der Waals surface area (Å²) in [7, 11) is 2.11. The second-order valence-corrected chi connectivity index (χ2v) is 6.16. The van der Waals surface area contributed by atoms with Gasteiger partial charge >= 0.3 is 0 Å². The molecule has 0 atom stereocenters. The molecule has 128 valence electrons. The van der Waals surface area contributed by atoms with E-state index in [4.69, 9.17) is 4.99 Å². The molecular formula is C18H31N5. The van der Waals surface area contributed by atoms with E-state index in [2.05, 4.69) is 53.1 Å². The molecule has 0 bridgehead atoms. The predicted octanol–water partition coefficient (Wildman–Crippen LogP) is 2.88. The minimum absolute atomic E-state index is 0.697. The number of nitrogens with zero attached hydrogens (tertiary/aromatic N) is 4. The highest BCUT2D eigenvalue weighted by atomic mass is 15.3. The normalized spacial score (nSPS) is 15.1. The second kappa shape index (κ2) is 9.38. The quantitative estimate of drug-likeness (QED) is 0.620. The molecule has 0 amide bonds. The molecule has 1 aliphatic heterocycles. The molecule has 1 aliphatic rings. The summed E-state index contributed by atoms with van der Waals surface area (Å²) in [6, 6.07) is 4.25. The van der Waals surface area contributed by atoms with Crippen LogP contribution < -0.4 is 10.2 Å². The van der Waals surface area contributed by atoms with Crippen LogP contribution in [0.1, 0.15) is 45.1 Å². The van der Waals surface area contributed by atoms with Gasteiger partial charge in [-0.1, -0.05) is 13.3 Å². The maximum atomic E-state index is 4.79. The number of aromatic nitrogens is 1. The molecule has 2 rings (SSSR count). The van der Waals surface area contributed by atoms with E-state index in [-0.39, 0.29) is 0 Å². The van der Waals surface area contributed by atoms with Crippen LogP contribution in [0.5, 0.6) is 0 Å². The Labute approximate surface area is 140 Å². The van der Waals surface area contributed by atoms with Gasteiger partial charge < -0.3 is 15.1 Å². The van der Waals surface area contributed by atoms with Crippen LogP contribution in [-0.4, -0.2) is 49.1 Å². The van der Waals surface area contributed by atoms with E-state index in [9.17, 15) is 0 Å². The number of aliphatic imine (C=N–C) groups is 1. The van der Waals surface area contributed by atoms with E-state index >= 15 is 0 Å². The lowest BCUT2D eigenvalue weighted by Gasteiger charge is -2.22. The number of pyridine rings is 1. The van der Waals surface area contributed by atoms with E-state index in [1.807, 2.05) is 6.20 Å². The molecule has 1 aromatic rings. The molecule has 1 saturated heterocycles. The Morgan fingerprint density at radius 2 is 2.13 bits per heavy atom. The molecule has 1 aromatic heterocycles. The van der Waals surface area contributed by atoms with Crippen molar-refractivity contribution < 1.29 is 0 Å². The van der Waals surface area contributed by atoms with Crippen LogP contribution in [0, 0.1) is 0 Å². The summed E-state index contributed by atoms with van der Waals surface area (Å²) in [5, 5.41) is 3.38. The van der Waals surface area contributed by atoms with E-state index in [1.54, 1.807) is 0 Å². The van der Waals surface area contributed by atoms with Crippen LogP contribution >= 0.6 is 0 Å². The molecule has 0 unspecified atom stereocenters. The molecule has 1 N–H and O–H groups in total. The Hall–Kier alpha value is -1.78. The summed E-state index contributed by atoms with van der Waals surface area (Å²) in [6.45, 7) is 9.21. The number of hydrogen-bond acceptors (Lipinski definition) is 3. The molecule has 0 aliphatic carbocycles. The first-order valence-electron chi connectivity index (χ1n) is 8.94. The Bertz CT molecular complexity index is 494. The van der Waals surface area contributed by atoms with Crippen LogP contribution in [0.2, 0.25) is 0 Å². The number of nitrogens with one attached hydrogen (secondary N) is 1. The van der Waals surface area contributed by atoms with E-state index < -0.39 is 0 Å². The molecule has 2 heterocycles. The third-order valence-electron chi connectivity index (χ3n) is 4.19. The van der Waals surface area contributed by atoms with Crippen molar-refractivity contribution in [1.29, 1.82) is 0 Å². The topological polar surface area (TPSA) is 43.8 Å². The zero-order valence-corrected chi connectivity index (χ0v) is 14.9. The Morgan fingerprint density at radius 3 is 2.83 bits per heavy atom. The molecule has 0 saturated carbocycles. The van der Waals surface area contributed by atoms with Gasteiger partial charge in [0.15, 0.2) is 5.96 Å². The summed E-state index contributed by atoms with van der Waals surface area (Å²) >= 11 is 0. The highest BCUT2D eigenvalue weighted by Crippen LogP contribution is 2.18.